The number of nitrogens with two attached hydrogens (primary N) is 1. The maximum atomic E-state index is 12.9. The molecule has 7 heteroatoms. The molecule has 1 aromatic carbocycles. The molecular weight excluding hydrogens is 283 g/mol. The van der Waals surface area contributed by atoms with Gasteiger partial charge in [0.1, 0.15) is 11.9 Å². The van der Waals surface area contributed by atoms with Crippen molar-refractivity contribution in [3.8, 4) is 0 Å². The van der Waals surface area contributed by atoms with Crippen LogP contribution in [0.5, 0.6) is 0 Å². The Bertz CT molecular complexity index is 471. The van der Waals surface area contributed by atoms with E-state index in [-0.39, 0.29) is 12.3 Å². The number of methoxy groups -OCH3 is 1. The molecule has 0 spiro atoms. The summed E-state index contributed by atoms with van der Waals surface area (Å²) in [5, 5.41) is 2.59. The van der Waals surface area contributed by atoms with Crippen LogP contribution < -0.4 is 11.1 Å². The molecule has 20 heavy (non-hydrogen) atoms. The molecule has 1 atom stereocenters. The van der Waals surface area contributed by atoms with Gasteiger partial charge in [-0.15, -0.1) is 0 Å². The Hall–Kier alpha value is -1.60. The fourth-order valence-electron chi connectivity index (χ4n) is 1.38. The van der Waals surface area contributed by atoms with Crippen molar-refractivity contribution in [2.45, 2.75) is 12.5 Å². The highest BCUT2D eigenvalue weighted by Gasteiger charge is 2.13. The van der Waals surface area contributed by atoms with Gasteiger partial charge < -0.3 is 15.8 Å². The number of esters is 1. The van der Waals surface area contributed by atoms with E-state index in [9.17, 15) is 14.0 Å². The SMILES string of the molecule is COC(=O)C(N)CSCCC(=O)Nc1cccc(F)c1. The fourth-order valence-corrected chi connectivity index (χ4v) is 2.27. The molecule has 5 nitrogen and oxygen atoms in total. The van der Waals surface area contributed by atoms with Crippen molar-refractivity contribution >= 4 is 29.3 Å². The number of hydrogen-bond donors (Lipinski definition) is 2. The predicted molar refractivity (Wildman–Crippen MR) is 77.0 cm³/mol. The lowest BCUT2D eigenvalue weighted by Gasteiger charge is -2.08. The minimum absolute atomic E-state index is 0.213. The van der Waals surface area contributed by atoms with E-state index in [0.29, 0.717) is 17.2 Å². The van der Waals surface area contributed by atoms with Gasteiger partial charge >= 0.3 is 5.97 Å². The average Bonchev–Trinajstić information content (AvgIpc) is 2.42. The van der Waals surface area contributed by atoms with Gasteiger partial charge in [0.15, 0.2) is 0 Å². The molecule has 0 aliphatic rings. The van der Waals surface area contributed by atoms with Crippen molar-refractivity contribution in [1.82, 2.24) is 0 Å². The van der Waals surface area contributed by atoms with Crippen molar-refractivity contribution in [3.63, 3.8) is 0 Å². The van der Waals surface area contributed by atoms with Crippen molar-refractivity contribution in [2.24, 2.45) is 5.73 Å². The number of halogens is 1. The third-order valence-electron chi connectivity index (χ3n) is 2.38. The Kier molecular flexibility index (Phi) is 7.03. The van der Waals surface area contributed by atoms with Crippen molar-refractivity contribution in [2.75, 3.05) is 23.9 Å². The molecule has 0 aliphatic carbocycles. The van der Waals surface area contributed by atoms with E-state index in [0.717, 1.165) is 0 Å². The lowest BCUT2D eigenvalue weighted by Crippen LogP contribution is -2.34. The summed E-state index contributed by atoms with van der Waals surface area (Å²) in [6.07, 6.45) is 0.259. The third kappa shape index (κ3) is 6.03. The minimum atomic E-state index is -0.684. The van der Waals surface area contributed by atoms with Crippen LogP contribution in [0.3, 0.4) is 0 Å². The van der Waals surface area contributed by atoms with Gasteiger partial charge in [-0.1, -0.05) is 6.07 Å². The number of carbonyl (C=O) groups excluding carboxylic acids is 2. The summed E-state index contributed by atoms with van der Waals surface area (Å²) in [6.45, 7) is 0. The normalized spacial score (nSPS) is 11.8. The Morgan fingerprint density at radius 1 is 1.50 bits per heavy atom. The summed E-state index contributed by atoms with van der Waals surface area (Å²) >= 11 is 1.39. The number of nitrogens with one attached hydrogen (secondary N) is 1. The first-order chi connectivity index (χ1) is 9.52. The standard InChI is InChI=1S/C13H17FN2O3S/c1-19-13(18)11(15)8-20-6-5-12(17)16-10-4-2-3-9(14)7-10/h2-4,7,11H,5-6,8,15H2,1H3,(H,16,17). The Balaban J connectivity index is 2.22. The molecule has 0 aromatic heterocycles. The topological polar surface area (TPSA) is 81.4 Å². The number of hydrogen-bond acceptors (Lipinski definition) is 5. The molecule has 110 valence electrons. The smallest absolute Gasteiger partial charge is 0.323 e. The quantitative estimate of drug-likeness (QED) is 0.587. The number of rotatable bonds is 7. The zero-order valence-corrected chi connectivity index (χ0v) is 11.9. The molecule has 0 fully saturated rings. The number of thioether (sulfide) groups is 1. The molecule has 3 N–H and O–H groups in total. The Labute approximate surface area is 121 Å². The third-order valence-corrected chi connectivity index (χ3v) is 3.47. The number of ether oxygens (including phenoxy) is 1. The lowest BCUT2D eigenvalue weighted by atomic mass is 10.3. The number of carbonyl (C=O) groups is 2. The predicted octanol–water partition coefficient (Wildman–Crippen LogP) is 1.39. The molecule has 0 bridgehead atoms. The highest BCUT2D eigenvalue weighted by atomic mass is 32.2. The van der Waals surface area contributed by atoms with Crippen LogP contribution in [-0.4, -0.2) is 36.5 Å². The second kappa shape index (κ2) is 8.55. The minimum Gasteiger partial charge on any atom is -0.468 e. The van der Waals surface area contributed by atoms with E-state index in [4.69, 9.17) is 5.73 Å². The van der Waals surface area contributed by atoms with Crippen LogP contribution in [0.15, 0.2) is 24.3 Å². The number of anilines is 1. The van der Waals surface area contributed by atoms with E-state index in [1.165, 1.54) is 37.1 Å². The molecule has 1 aromatic rings. The summed E-state index contributed by atoms with van der Waals surface area (Å²) < 4.78 is 17.4. The maximum absolute atomic E-state index is 12.9. The molecule has 0 heterocycles. The van der Waals surface area contributed by atoms with Crippen LogP contribution in [0.25, 0.3) is 0 Å². The molecule has 1 rings (SSSR count). The lowest BCUT2D eigenvalue weighted by molar-refractivity contribution is -0.141. The molecule has 1 unspecified atom stereocenters. The first kappa shape index (κ1) is 16.5. The van der Waals surface area contributed by atoms with Gasteiger partial charge in [-0.2, -0.15) is 11.8 Å². The first-order valence-corrected chi connectivity index (χ1v) is 7.15. The monoisotopic (exact) mass is 300 g/mol. The van der Waals surface area contributed by atoms with E-state index in [2.05, 4.69) is 10.1 Å². The largest absolute Gasteiger partial charge is 0.468 e. The van der Waals surface area contributed by atoms with Crippen LogP contribution >= 0.6 is 11.8 Å². The Morgan fingerprint density at radius 3 is 2.90 bits per heavy atom. The van der Waals surface area contributed by atoms with Gasteiger partial charge in [0, 0.05) is 23.6 Å². The van der Waals surface area contributed by atoms with Crippen LogP contribution in [0.4, 0.5) is 10.1 Å². The number of amides is 1. The van der Waals surface area contributed by atoms with E-state index >= 15 is 0 Å². The second-order valence-electron chi connectivity index (χ2n) is 4.01. The van der Waals surface area contributed by atoms with Gasteiger partial charge in [-0.05, 0) is 18.2 Å². The highest BCUT2D eigenvalue weighted by Crippen LogP contribution is 2.11. The summed E-state index contributed by atoms with van der Waals surface area (Å²) in [6, 6.07) is 5.00. The van der Waals surface area contributed by atoms with Gasteiger partial charge in [0.05, 0.1) is 7.11 Å². The van der Waals surface area contributed by atoms with Gasteiger partial charge in [-0.3, -0.25) is 9.59 Å². The number of benzene rings is 1. The van der Waals surface area contributed by atoms with E-state index in [1.54, 1.807) is 6.07 Å². The summed E-state index contributed by atoms with van der Waals surface area (Å²) in [5.74, 6) is -0.177. The van der Waals surface area contributed by atoms with Crippen LogP contribution in [0.2, 0.25) is 0 Å². The zero-order valence-electron chi connectivity index (χ0n) is 11.1. The summed E-state index contributed by atoms with van der Waals surface area (Å²) in [4.78, 5) is 22.6. The molecule has 1 amide bonds. The summed E-state index contributed by atoms with van der Waals surface area (Å²) in [7, 11) is 1.28. The first-order valence-electron chi connectivity index (χ1n) is 5.99. The molecule has 0 aliphatic heterocycles. The van der Waals surface area contributed by atoms with Gasteiger partial charge in [0.25, 0.3) is 0 Å². The van der Waals surface area contributed by atoms with Gasteiger partial charge in [0.2, 0.25) is 5.91 Å². The van der Waals surface area contributed by atoms with Crippen LogP contribution in [0, 0.1) is 5.82 Å². The molecule has 0 radical (unpaired) electrons. The van der Waals surface area contributed by atoms with Crippen LogP contribution in [-0.2, 0) is 14.3 Å². The molecular formula is C13H17FN2O3S. The van der Waals surface area contributed by atoms with E-state index < -0.39 is 17.8 Å². The van der Waals surface area contributed by atoms with E-state index in [1.807, 2.05) is 0 Å². The van der Waals surface area contributed by atoms with Crippen molar-refractivity contribution in [3.05, 3.63) is 30.1 Å². The Morgan fingerprint density at radius 2 is 2.25 bits per heavy atom. The molecule has 0 saturated carbocycles. The average molecular weight is 300 g/mol. The summed E-state index contributed by atoms with van der Waals surface area (Å²) in [5.41, 5.74) is 5.97. The van der Waals surface area contributed by atoms with Gasteiger partial charge in [-0.25, -0.2) is 4.39 Å². The second-order valence-corrected chi connectivity index (χ2v) is 5.16. The van der Waals surface area contributed by atoms with Crippen LogP contribution in [0.1, 0.15) is 6.42 Å². The molecule has 0 saturated heterocycles. The maximum Gasteiger partial charge on any atom is 0.323 e. The van der Waals surface area contributed by atoms with Crippen molar-refractivity contribution < 1.29 is 18.7 Å². The zero-order chi connectivity index (χ0) is 15.0. The highest BCUT2D eigenvalue weighted by molar-refractivity contribution is 7.99. The van der Waals surface area contributed by atoms with Crippen molar-refractivity contribution in [1.29, 1.82) is 0 Å². The fraction of sp³-hybridized carbons (Fsp3) is 0.385.